The summed E-state index contributed by atoms with van der Waals surface area (Å²) in [5.41, 5.74) is 1.67. The number of anilines is 1. The molecule has 0 unspecified atom stereocenters. The second-order valence-corrected chi connectivity index (χ2v) is 8.02. The maximum absolute atomic E-state index is 14.1. The second-order valence-electron chi connectivity index (χ2n) is 7.01. The molecule has 3 aromatic rings. The molecule has 0 bridgehead atoms. The number of nitrogens with zero attached hydrogens (tertiary/aromatic N) is 3. The minimum absolute atomic E-state index is 0.0829. The smallest absolute Gasteiger partial charge is 0.260 e. The Bertz CT molecular complexity index is 1020. The van der Waals surface area contributed by atoms with Crippen molar-refractivity contribution >= 4 is 32.6 Å². The van der Waals surface area contributed by atoms with Crippen LogP contribution >= 0.6 is 11.3 Å². The lowest BCUT2D eigenvalue weighted by molar-refractivity contribution is 0.0391. The number of morpholine rings is 1. The topological polar surface area (TPSA) is 45.7 Å². The van der Waals surface area contributed by atoms with Crippen molar-refractivity contribution in [2.24, 2.45) is 0 Å². The van der Waals surface area contributed by atoms with Gasteiger partial charge in [-0.3, -0.25) is 14.6 Å². The van der Waals surface area contributed by atoms with Crippen molar-refractivity contribution in [2.45, 2.75) is 6.92 Å². The van der Waals surface area contributed by atoms with Crippen LogP contribution in [0.3, 0.4) is 0 Å². The van der Waals surface area contributed by atoms with Crippen molar-refractivity contribution in [3.8, 4) is 0 Å². The van der Waals surface area contributed by atoms with E-state index in [9.17, 15) is 13.6 Å². The fourth-order valence-electron chi connectivity index (χ4n) is 3.26. The van der Waals surface area contributed by atoms with Crippen molar-refractivity contribution in [1.29, 1.82) is 0 Å². The molecule has 0 spiro atoms. The number of halogens is 2. The highest BCUT2D eigenvalue weighted by molar-refractivity contribution is 7.22. The summed E-state index contributed by atoms with van der Waals surface area (Å²) in [7, 11) is 0. The zero-order chi connectivity index (χ0) is 20.4. The Balaban J connectivity index is 1.66. The Kier molecular flexibility index (Phi) is 5.84. The zero-order valence-electron chi connectivity index (χ0n) is 16.0. The largest absolute Gasteiger partial charge is 0.379 e. The number of carbonyl (C=O) groups excluding carboxylic acids is 1. The second kappa shape index (κ2) is 8.52. The van der Waals surface area contributed by atoms with Gasteiger partial charge in [0.1, 0.15) is 11.3 Å². The standard InChI is InChI=1S/C21H21F2N3O2S/c1-14-2-4-15(5-3-14)20(27)26(7-6-25-8-10-28-11-9-25)21-24-19-17(23)12-16(22)13-18(19)29-21/h2-5,12-13H,6-11H2,1H3. The Morgan fingerprint density at radius 2 is 1.93 bits per heavy atom. The molecule has 8 heteroatoms. The van der Waals surface area contributed by atoms with Crippen LogP contribution in [0.1, 0.15) is 15.9 Å². The van der Waals surface area contributed by atoms with E-state index in [0.29, 0.717) is 41.7 Å². The molecular formula is C21H21F2N3O2S. The highest BCUT2D eigenvalue weighted by Crippen LogP contribution is 2.32. The van der Waals surface area contributed by atoms with Crippen LogP contribution in [0, 0.1) is 18.6 Å². The Hall–Kier alpha value is -2.42. The number of fused-ring (bicyclic) bond motifs is 1. The van der Waals surface area contributed by atoms with Gasteiger partial charge < -0.3 is 4.74 Å². The summed E-state index contributed by atoms with van der Waals surface area (Å²) >= 11 is 1.12. The number of hydrogen-bond acceptors (Lipinski definition) is 5. The van der Waals surface area contributed by atoms with Crippen molar-refractivity contribution in [3.05, 3.63) is 59.2 Å². The lowest BCUT2D eigenvalue weighted by Gasteiger charge is -2.29. The summed E-state index contributed by atoms with van der Waals surface area (Å²) in [6.45, 7) is 5.92. The van der Waals surface area contributed by atoms with Crippen LogP contribution in [0.15, 0.2) is 36.4 Å². The highest BCUT2D eigenvalue weighted by Gasteiger charge is 2.23. The first-order valence-electron chi connectivity index (χ1n) is 9.45. The van der Waals surface area contributed by atoms with E-state index in [0.717, 1.165) is 36.1 Å². The van der Waals surface area contributed by atoms with Crippen molar-refractivity contribution < 1.29 is 18.3 Å². The number of thiazole rings is 1. The van der Waals surface area contributed by atoms with E-state index in [1.807, 2.05) is 19.1 Å². The summed E-state index contributed by atoms with van der Waals surface area (Å²) in [5.74, 6) is -1.59. The summed E-state index contributed by atoms with van der Waals surface area (Å²) in [4.78, 5) is 21.3. The minimum Gasteiger partial charge on any atom is -0.379 e. The van der Waals surface area contributed by atoms with Gasteiger partial charge in [0.05, 0.1) is 17.9 Å². The van der Waals surface area contributed by atoms with Gasteiger partial charge in [-0.25, -0.2) is 13.8 Å². The molecule has 1 amide bonds. The minimum atomic E-state index is -0.724. The molecule has 152 valence electrons. The predicted molar refractivity (Wildman–Crippen MR) is 110 cm³/mol. The maximum atomic E-state index is 14.1. The van der Waals surface area contributed by atoms with E-state index in [1.165, 1.54) is 6.07 Å². The fraction of sp³-hybridized carbons (Fsp3) is 0.333. The number of carbonyl (C=O) groups is 1. The molecule has 5 nitrogen and oxygen atoms in total. The molecule has 0 N–H and O–H groups in total. The summed E-state index contributed by atoms with van der Waals surface area (Å²) in [6.07, 6.45) is 0. The van der Waals surface area contributed by atoms with Crippen LogP contribution < -0.4 is 4.90 Å². The van der Waals surface area contributed by atoms with Gasteiger partial charge >= 0.3 is 0 Å². The van der Waals surface area contributed by atoms with E-state index < -0.39 is 11.6 Å². The molecule has 0 saturated carbocycles. The Labute approximate surface area is 171 Å². The monoisotopic (exact) mass is 417 g/mol. The number of ether oxygens (including phenoxy) is 1. The first-order valence-corrected chi connectivity index (χ1v) is 10.3. The normalized spacial score (nSPS) is 15.0. The van der Waals surface area contributed by atoms with Crippen LogP contribution in [0.25, 0.3) is 10.2 Å². The molecule has 2 aromatic carbocycles. The van der Waals surface area contributed by atoms with Gasteiger partial charge in [0, 0.05) is 37.8 Å². The van der Waals surface area contributed by atoms with Gasteiger partial charge in [0.15, 0.2) is 10.9 Å². The number of aryl methyl sites for hydroxylation is 1. The van der Waals surface area contributed by atoms with Gasteiger partial charge in [0.2, 0.25) is 0 Å². The van der Waals surface area contributed by atoms with Gasteiger partial charge in [-0.2, -0.15) is 0 Å². The first-order chi connectivity index (χ1) is 14.0. The van der Waals surface area contributed by atoms with Crippen molar-refractivity contribution in [3.63, 3.8) is 0 Å². The molecule has 1 fully saturated rings. The Morgan fingerprint density at radius 1 is 1.21 bits per heavy atom. The maximum Gasteiger partial charge on any atom is 0.260 e. The van der Waals surface area contributed by atoms with Gasteiger partial charge in [-0.15, -0.1) is 0 Å². The van der Waals surface area contributed by atoms with Crippen molar-refractivity contribution in [1.82, 2.24) is 9.88 Å². The average Bonchev–Trinajstić information content (AvgIpc) is 3.13. The third-order valence-corrected chi connectivity index (χ3v) is 5.95. The number of amides is 1. The van der Waals surface area contributed by atoms with Crippen LogP contribution in [0.4, 0.5) is 13.9 Å². The van der Waals surface area contributed by atoms with E-state index in [1.54, 1.807) is 17.0 Å². The zero-order valence-corrected chi connectivity index (χ0v) is 16.8. The number of aromatic nitrogens is 1. The van der Waals surface area contributed by atoms with Gasteiger partial charge in [-0.1, -0.05) is 29.0 Å². The lowest BCUT2D eigenvalue weighted by atomic mass is 10.1. The third kappa shape index (κ3) is 4.44. The summed E-state index contributed by atoms with van der Waals surface area (Å²) in [5, 5.41) is 0.364. The van der Waals surface area contributed by atoms with Crippen molar-refractivity contribution in [2.75, 3.05) is 44.3 Å². The third-order valence-electron chi connectivity index (χ3n) is 4.92. The molecule has 1 aliphatic rings. The van der Waals surface area contributed by atoms with Crippen LogP contribution in [-0.2, 0) is 4.74 Å². The van der Waals surface area contributed by atoms with Gasteiger partial charge in [-0.05, 0) is 25.1 Å². The molecule has 4 rings (SSSR count). The van der Waals surface area contributed by atoms with E-state index in [4.69, 9.17) is 4.74 Å². The molecule has 29 heavy (non-hydrogen) atoms. The van der Waals surface area contributed by atoms with E-state index in [2.05, 4.69) is 9.88 Å². The number of hydrogen-bond donors (Lipinski definition) is 0. The quantitative estimate of drug-likeness (QED) is 0.633. The lowest BCUT2D eigenvalue weighted by Crippen LogP contribution is -2.43. The summed E-state index contributed by atoms with van der Waals surface area (Å²) < 4.78 is 33.5. The summed E-state index contributed by atoms with van der Waals surface area (Å²) in [6, 6.07) is 9.35. The van der Waals surface area contributed by atoms with Crippen LogP contribution in [0.5, 0.6) is 0 Å². The molecular weight excluding hydrogens is 396 g/mol. The Morgan fingerprint density at radius 3 is 2.66 bits per heavy atom. The molecule has 1 aliphatic heterocycles. The number of rotatable bonds is 5. The molecule has 0 aliphatic carbocycles. The van der Waals surface area contributed by atoms with E-state index in [-0.39, 0.29) is 11.4 Å². The molecule has 0 atom stereocenters. The predicted octanol–water partition coefficient (Wildman–Crippen LogP) is 3.86. The highest BCUT2D eigenvalue weighted by atomic mass is 32.1. The molecule has 0 radical (unpaired) electrons. The first kappa shape index (κ1) is 19.9. The molecule has 2 heterocycles. The average molecular weight is 417 g/mol. The van der Waals surface area contributed by atoms with E-state index >= 15 is 0 Å². The fourth-order valence-corrected chi connectivity index (χ4v) is 4.29. The van der Waals surface area contributed by atoms with Gasteiger partial charge in [0.25, 0.3) is 5.91 Å². The molecule has 1 saturated heterocycles. The van der Waals surface area contributed by atoms with Crippen LogP contribution in [0.2, 0.25) is 0 Å². The van der Waals surface area contributed by atoms with Crippen LogP contribution in [-0.4, -0.2) is 55.2 Å². The SMILES string of the molecule is Cc1ccc(C(=O)N(CCN2CCOCC2)c2nc3c(F)cc(F)cc3s2)cc1. The number of benzene rings is 2. The molecule has 1 aromatic heterocycles.